The van der Waals surface area contributed by atoms with Crippen LogP contribution in [-0.2, 0) is 9.53 Å². The number of benzene rings is 1. The van der Waals surface area contributed by atoms with Crippen molar-refractivity contribution in [3.8, 4) is 5.75 Å². The van der Waals surface area contributed by atoms with Gasteiger partial charge in [-0.2, -0.15) is 0 Å². The van der Waals surface area contributed by atoms with E-state index in [9.17, 15) is 4.79 Å². The first-order chi connectivity index (χ1) is 9.34. The molecule has 0 saturated carbocycles. The van der Waals surface area contributed by atoms with Crippen LogP contribution in [0.1, 0.15) is 6.42 Å². The van der Waals surface area contributed by atoms with E-state index in [0.717, 1.165) is 24.5 Å². The summed E-state index contributed by atoms with van der Waals surface area (Å²) >= 11 is 0. The van der Waals surface area contributed by atoms with Gasteiger partial charge in [-0.1, -0.05) is 12.1 Å². The maximum atomic E-state index is 12.2. The average molecular weight is 262 g/mol. The molecule has 1 amide bonds. The van der Waals surface area contributed by atoms with Crippen molar-refractivity contribution in [3.63, 3.8) is 0 Å². The first-order valence-corrected chi connectivity index (χ1v) is 6.69. The van der Waals surface area contributed by atoms with Gasteiger partial charge in [0.25, 0.3) is 0 Å². The van der Waals surface area contributed by atoms with Gasteiger partial charge in [-0.15, -0.1) is 0 Å². The Morgan fingerprint density at radius 1 is 1.32 bits per heavy atom. The summed E-state index contributed by atoms with van der Waals surface area (Å²) in [5, 5.41) is 3.28. The summed E-state index contributed by atoms with van der Waals surface area (Å²) in [6.45, 7) is 3.38. The van der Waals surface area contributed by atoms with Crippen LogP contribution in [0.3, 0.4) is 0 Å². The van der Waals surface area contributed by atoms with Gasteiger partial charge in [-0.05, 0) is 12.1 Å². The Kier molecular flexibility index (Phi) is 3.66. The molecule has 2 aliphatic heterocycles. The number of fused-ring (bicyclic) bond motifs is 1. The molecule has 0 aromatic heterocycles. The van der Waals surface area contributed by atoms with Gasteiger partial charge in [-0.25, -0.2) is 0 Å². The number of carbonyl (C=O) groups excluding carboxylic acids is 1. The summed E-state index contributed by atoms with van der Waals surface area (Å²) in [4.78, 5) is 14.0. The number of carbonyl (C=O) groups is 1. The number of rotatable bonds is 2. The van der Waals surface area contributed by atoms with Crippen molar-refractivity contribution < 1.29 is 14.3 Å². The summed E-state index contributed by atoms with van der Waals surface area (Å²) in [7, 11) is 0. The zero-order valence-electron chi connectivity index (χ0n) is 10.8. The van der Waals surface area contributed by atoms with Crippen molar-refractivity contribution in [1.82, 2.24) is 5.32 Å². The fraction of sp³-hybridized carbons (Fsp3) is 0.500. The van der Waals surface area contributed by atoms with Gasteiger partial charge < -0.3 is 19.7 Å². The number of hydrogen-bond acceptors (Lipinski definition) is 4. The normalized spacial score (nSPS) is 23.5. The van der Waals surface area contributed by atoms with Gasteiger partial charge in [0.15, 0.2) is 0 Å². The molecule has 1 aromatic carbocycles. The van der Waals surface area contributed by atoms with Gasteiger partial charge in [0, 0.05) is 13.1 Å². The van der Waals surface area contributed by atoms with Gasteiger partial charge in [0.1, 0.15) is 5.75 Å². The Morgan fingerprint density at radius 3 is 3.05 bits per heavy atom. The molecule has 5 heteroatoms. The Morgan fingerprint density at radius 2 is 2.21 bits per heavy atom. The molecule has 3 rings (SSSR count). The van der Waals surface area contributed by atoms with Crippen molar-refractivity contribution in [2.75, 3.05) is 37.7 Å². The van der Waals surface area contributed by atoms with E-state index in [1.54, 1.807) is 4.90 Å². The van der Waals surface area contributed by atoms with Crippen LogP contribution in [0.4, 0.5) is 5.69 Å². The monoisotopic (exact) mass is 262 g/mol. The zero-order chi connectivity index (χ0) is 13.1. The third-order valence-corrected chi connectivity index (χ3v) is 3.42. The number of para-hydroxylation sites is 2. The van der Waals surface area contributed by atoms with Gasteiger partial charge in [0.2, 0.25) is 5.91 Å². The molecular formula is C14H18N2O3. The lowest BCUT2D eigenvalue weighted by atomic mass is 10.2. The highest BCUT2D eigenvalue weighted by Gasteiger charge is 2.26. The predicted octanol–water partition coefficient (Wildman–Crippen LogP) is 0.790. The molecule has 1 unspecified atom stereocenters. The van der Waals surface area contributed by atoms with Crippen LogP contribution in [-0.4, -0.2) is 44.9 Å². The molecule has 2 heterocycles. The average Bonchev–Trinajstić information content (AvgIpc) is 2.61. The van der Waals surface area contributed by atoms with Crippen LogP contribution < -0.4 is 15.0 Å². The van der Waals surface area contributed by atoms with E-state index >= 15 is 0 Å². The Hall–Kier alpha value is -1.59. The smallest absolute Gasteiger partial charge is 0.230 e. The van der Waals surface area contributed by atoms with Crippen LogP contribution in [0, 0.1) is 0 Å². The number of nitrogens with zero attached hydrogens (tertiary/aromatic N) is 1. The Balaban J connectivity index is 1.82. The largest absolute Gasteiger partial charge is 0.491 e. The van der Waals surface area contributed by atoms with Crippen molar-refractivity contribution in [3.05, 3.63) is 24.3 Å². The number of ether oxygens (including phenoxy) is 2. The maximum absolute atomic E-state index is 12.2. The second-order valence-corrected chi connectivity index (χ2v) is 4.77. The Bertz CT molecular complexity index is 458. The van der Waals surface area contributed by atoms with E-state index in [1.165, 1.54) is 0 Å². The molecule has 102 valence electrons. The first-order valence-electron chi connectivity index (χ1n) is 6.69. The topological polar surface area (TPSA) is 50.8 Å². The highest BCUT2D eigenvalue weighted by atomic mass is 16.5. The highest BCUT2D eigenvalue weighted by molar-refractivity contribution is 5.95. The molecule has 1 fully saturated rings. The zero-order valence-corrected chi connectivity index (χ0v) is 10.8. The van der Waals surface area contributed by atoms with Crippen LogP contribution >= 0.6 is 0 Å². The van der Waals surface area contributed by atoms with Gasteiger partial charge >= 0.3 is 0 Å². The number of nitrogens with one attached hydrogen (secondary N) is 1. The van der Waals surface area contributed by atoms with E-state index in [-0.39, 0.29) is 12.0 Å². The van der Waals surface area contributed by atoms with Gasteiger partial charge in [-0.3, -0.25) is 4.79 Å². The maximum Gasteiger partial charge on any atom is 0.230 e. The minimum atomic E-state index is 0.0452. The lowest BCUT2D eigenvalue weighted by Crippen LogP contribution is -2.47. The quantitative estimate of drug-likeness (QED) is 0.856. The minimum absolute atomic E-state index is 0.0452. The molecule has 1 saturated heterocycles. The first kappa shape index (κ1) is 12.4. The van der Waals surface area contributed by atoms with E-state index in [0.29, 0.717) is 26.2 Å². The molecule has 19 heavy (non-hydrogen) atoms. The SMILES string of the molecule is O=C1CCOc2ccccc2N1CC1CNCCO1. The van der Waals surface area contributed by atoms with Crippen molar-refractivity contribution in [1.29, 1.82) is 0 Å². The third-order valence-electron chi connectivity index (χ3n) is 3.42. The number of hydrogen-bond donors (Lipinski definition) is 1. The molecule has 0 aliphatic carbocycles. The second-order valence-electron chi connectivity index (χ2n) is 4.77. The minimum Gasteiger partial charge on any atom is -0.491 e. The van der Waals surface area contributed by atoms with E-state index in [1.807, 2.05) is 24.3 Å². The molecule has 2 aliphatic rings. The molecule has 0 spiro atoms. The van der Waals surface area contributed by atoms with Crippen molar-refractivity contribution >= 4 is 11.6 Å². The summed E-state index contributed by atoms with van der Waals surface area (Å²) in [5.74, 6) is 0.872. The van der Waals surface area contributed by atoms with Gasteiger partial charge in [0.05, 0.1) is 38.0 Å². The highest BCUT2D eigenvalue weighted by Crippen LogP contribution is 2.31. The van der Waals surface area contributed by atoms with E-state index in [4.69, 9.17) is 9.47 Å². The number of anilines is 1. The molecule has 0 radical (unpaired) electrons. The predicted molar refractivity (Wildman–Crippen MR) is 71.5 cm³/mol. The fourth-order valence-electron chi connectivity index (χ4n) is 2.46. The summed E-state index contributed by atoms with van der Waals surface area (Å²) in [6.07, 6.45) is 0.457. The second kappa shape index (κ2) is 5.59. The van der Waals surface area contributed by atoms with Crippen LogP contribution in [0.2, 0.25) is 0 Å². The molecule has 0 bridgehead atoms. The summed E-state index contributed by atoms with van der Waals surface area (Å²) in [5.41, 5.74) is 0.846. The van der Waals surface area contributed by atoms with E-state index in [2.05, 4.69) is 5.32 Å². The van der Waals surface area contributed by atoms with Crippen molar-refractivity contribution in [2.45, 2.75) is 12.5 Å². The standard InChI is InChI=1S/C14H18N2O3/c17-14-5-7-19-13-4-2-1-3-12(13)16(14)10-11-9-15-6-8-18-11/h1-4,11,15H,5-10H2. The fourth-order valence-corrected chi connectivity index (χ4v) is 2.46. The molecular weight excluding hydrogens is 244 g/mol. The lowest BCUT2D eigenvalue weighted by molar-refractivity contribution is -0.119. The molecule has 1 aromatic rings. The molecule has 5 nitrogen and oxygen atoms in total. The molecule has 1 atom stereocenters. The Labute approximate surface area is 112 Å². The van der Waals surface area contributed by atoms with Crippen LogP contribution in [0.25, 0.3) is 0 Å². The third kappa shape index (κ3) is 2.72. The number of amides is 1. The number of morpholine rings is 1. The lowest BCUT2D eigenvalue weighted by Gasteiger charge is -2.30. The molecule has 1 N–H and O–H groups in total. The van der Waals surface area contributed by atoms with Crippen molar-refractivity contribution in [2.24, 2.45) is 0 Å². The summed E-state index contributed by atoms with van der Waals surface area (Å²) < 4.78 is 11.3. The summed E-state index contributed by atoms with van der Waals surface area (Å²) in [6, 6.07) is 7.68. The van der Waals surface area contributed by atoms with Crippen LogP contribution in [0.5, 0.6) is 5.75 Å². The van der Waals surface area contributed by atoms with E-state index < -0.39 is 0 Å². The van der Waals surface area contributed by atoms with Crippen LogP contribution in [0.15, 0.2) is 24.3 Å².